The normalized spacial score (nSPS) is 16.2. The van der Waals surface area contributed by atoms with Crippen LogP contribution in [0.3, 0.4) is 0 Å². The molecule has 0 fully saturated rings. The van der Waals surface area contributed by atoms with Gasteiger partial charge in [-0.2, -0.15) is 0 Å². The molecule has 8 heteroatoms. The number of halogens is 3. The van der Waals surface area contributed by atoms with Crippen LogP contribution in [0.5, 0.6) is 17.2 Å². The summed E-state index contributed by atoms with van der Waals surface area (Å²) in [4.78, 5) is 0. The molecule has 0 saturated carbocycles. The molecule has 1 atom stereocenters. The number of hydrogen-bond acceptors (Lipinski definition) is 3. The number of allylic oxidation sites excluding steroid dienone is 4. The topological polar surface area (TPSA) is 27.7 Å². The number of ether oxygens (including phenoxy) is 3. The van der Waals surface area contributed by atoms with Crippen LogP contribution >= 0.6 is 0 Å². The fourth-order valence-corrected chi connectivity index (χ4v) is 15.1. The summed E-state index contributed by atoms with van der Waals surface area (Å²) in [5, 5.41) is 3.40. The van der Waals surface area contributed by atoms with E-state index in [-0.39, 0.29) is 42.3 Å². The second-order valence-electron chi connectivity index (χ2n) is 12.0. The van der Waals surface area contributed by atoms with E-state index in [1.807, 2.05) is 0 Å². The fourth-order valence-electron chi connectivity index (χ4n) is 6.87. The van der Waals surface area contributed by atoms with Gasteiger partial charge in [0.25, 0.3) is 0 Å². The van der Waals surface area contributed by atoms with Crippen LogP contribution in [0.4, 0.5) is 0 Å². The molecule has 0 bridgehead atoms. The van der Waals surface area contributed by atoms with Crippen molar-refractivity contribution < 1.29 is 71.9 Å². The van der Waals surface area contributed by atoms with Crippen molar-refractivity contribution in [3.05, 3.63) is 90.4 Å². The Hall–Kier alpha value is -1.66. The number of methoxy groups -OCH3 is 3. The predicted molar refractivity (Wildman–Crippen MR) is 172 cm³/mol. The minimum atomic E-state index is -3.18. The van der Waals surface area contributed by atoms with Crippen LogP contribution in [-0.2, 0) is 20.4 Å². The van der Waals surface area contributed by atoms with E-state index in [0.29, 0.717) is 0 Å². The molecule has 0 aromatic heterocycles. The zero-order valence-corrected chi connectivity index (χ0v) is 33.2. The zero-order valence-electron chi connectivity index (χ0n) is 28.3. The Morgan fingerprint density at radius 3 is 1.00 bits per heavy atom. The van der Waals surface area contributed by atoms with Gasteiger partial charge in [0.1, 0.15) is 0 Å². The largest absolute Gasteiger partial charge is 1.00 e. The molecule has 3 aromatic rings. The van der Waals surface area contributed by atoms with E-state index in [2.05, 4.69) is 126 Å². The first-order valence-electron chi connectivity index (χ1n) is 14.3. The predicted octanol–water partition coefficient (Wildman–Crippen LogP) is -2.02. The van der Waals surface area contributed by atoms with Gasteiger partial charge >= 0.3 is 262 Å². The molecule has 236 valence electrons. The van der Waals surface area contributed by atoms with Crippen molar-refractivity contribution >= 4 is 23.6 Å². The van der Waals surface area contributed by atoms with Crippen molar-refractivity contribution in [3.63, 3.8) is 0 Å². The summed E-state index contributed by atoms with van der Waals surface area (Å²) >= 11 is 2.34. The minimum Gasteiger partial charge on any atom is -1.00 e. The maximum atomic E-state index is 6.33. The van der Waals surface area contributed by atoms with Gasteiger partial charge in [-0.25, -0.2) is 0 Å². The summed E-state index contributed by atoms with van der Waals surface area (Å²) in [6.45, 7) is 22.5. The van der Waals surface area contributed by atoms with Gasteiger partial charge < -0.3 is 37.2 Å². The third kappa shape index (κ3) is 5.85. The van der Waals surface area contributed by atoms with E-state index in [1.54, 1.807) is 21.3 Å². The molecule has 0 spiro atoms. The van der Waals surface area contributed by atoms with E-state index in [1.165, 1.54) is 69.5 Å². The van der Waals surface area contributed by atoms with Crippen molar-refractivity contribution in [2.45, 2.75) is 74.3 Å². The number of aryl methyl sites for hydroxylation is 6. The molecule has 0 heterocycles. The van der Waals surface area contributed by atoms with Gasteiger partial charge in [-0.15, -0.1) is 0 Å². The maximum absolute atomic E-state index is 6.33. The molecule has 0 saturated heterocycles. The van der Waals surface area contributed by atoms with Crippen LogP contribution < -0.4 is 67.0 Å². The monoisotopic (exact) mass is 706 g/mol. The van der Waals surface area contributed by atoms with E-state index >= 15 is 0 Å². The Labute approximate surface area is 296 Å². The summed E-state index contributed by atoms with van der Waals surface area (Å²) in [6, 6.07) is 13.9. The summed E-state index contributed by atoms with van der Waals surface area (Å²) in [6.07, 6.45) is 0. The Bertz CT molecular complexity index is 1460. The van der Waals surface area contributed by atoms with Gasteiger partial charge in [-0.1, -0.05) is 0 Å². The van der Waals surface area contributed by atoms with Crippen molar-refractivity contribution in [1.82, 2.24) is 0 Å². The first-order chi connectivity index (χ1) is 19.2. The minimum absolute atomic E-state index is 0. The molecule has 0 N–H and O–H groups in total. The smallest absolute Gasteiger partial charge is 1.00 e. The molecule has 4 rings (SSSR count). The van der Waals surface area contributed by atoms with Crippen molar-refractivity contribution in [1.29, 1.82) is 0 Å². The van der Waals surface area contributed by atoms with Crippen LogP contribution in [0.2, 0.25) is 5.04 Å². The molecule has 3 aromatic carbocycles. The molecule has 44 heavy (non-hydrogen) atoms. The van der Waals surface area contributed by atoms with Gasteiger partial charge in [0.15, 0.2) is 0 Å². The first-order valence-corrected chi connectivity index (χ1v) is 17.1. The fraction of sp³-hybridized carbons (Fsp3) is 0.389. The van der Waals surface area contributed by atoms with Gasteiger partial charge in [0.05, 0.1) is 0 Å². The molecule has 0 amide bonds. The van der Waals surface area contributed by atoms with Crippen LogP contribution in [0.25, 0.3) is 0 Å². The molecule has 1 unspecified atom stereocenters. The number of rotatable bonds is 7. The van der Waals surface area contributed by atoms with Crippen LogP contribution in [0.15, 0.2) is 57.0 Å². The van der Waals surface area contributed by atoms with Gasteiger partial charge in [0, 0.05) is 0 Å². The van der Waals surface area contributed by atoms with Gasteiger partial charge in [0.2, 0.25) is 0 Å². The van der Waals surface area contributed by atoms with E-state index in [0.717, 1.165) is 17.2 Å². The average Bonchev–Trinajstić information content (AvgIpc) is 3.09. The Morgan fingerprint density at radius 1 is 0.500 bits per heavy atom. The van der Waals surface area contributed by atoms with Crippen LogP contribution in [-0.4, -0.2) is 29.4 Å². The van der Waals surface area contributed by atoms with E-state index in [9.17, 15) is 0 Å². The standard InChI is InChI=1S/C36H45O3Si.3ClH.Ti/c1-21-14-30(37-11)33(17-24(21)4)40(36(10)20-27(7)28(8)29(36)9,34-18-25(5)22(2)15-31(34)38-12)35-19-26(6)23(3)16-32(35)39-13;;;;/h14-19H,1-13H3;3*1H;/q;;;;+3/p-3. The third-order valence-electron chi connectivity index (χ3n) is 10.2. The Kier molecular flexibility index (Phi) is 13.6. The quantitative estimate of drug-likeness (QED) is 0.210. The molecular weight excluding hydrogens is 663 g/mol. The van der Waals surface area contributed by atoms with E-state index in [4.69, 9.17) is 14.2 Å². The van der Waals surface area contributed by atoms with Crippen molar-refractivity contribution in [2.24, 2.45) is 0 Å². The van der Waals surface area contributed by atoms with Crippen LogP contribution in [0.1, 0.15) is 61.1 Å². The third-order valence-corrected chi connectivity index (χ3v) is 17.6. The van der Waals surface area contributed by atoms with Crippen molar-refractivity contribution in [3.8, 4) is 17.2 Å². The van der Waals surface area contributed by atoms with E-state index < -0.39 is 8.07 Å². The van der Waals surface area contributed by atoms with Crippen molar-refractivity contribution in [2.75, 3.05) is 21.3 Å². The average molecular weight is 708 g/mol. The maximum Gasteiger partial charge on any atom is -1.00 e. The summed E-state index contributed by atoms with van der Waals surface area (Å²) < 4.78 is 20.4. The zero-order chi connectivity index (χ0) is 30.6. The second kappa shape index (κ2) is 14.8. The number of benzene rings is 3. The molecule has 0 aliphatic heterocycles. The first kappa shape index (κ1) is 40.4. The number of hydrogen-bond donors (Lipinski definition) is 0. The van der Waals surface area contributed by atoms with Crippen LogP contribution in [0, 0.1) is 41.5 Å². The molecule has 1 aliphatic rings. The van der Waals surface area contributed by atoms with Gasteiger partial charge in [-0.3, -0.25) is 0 Å². The molecule has 0 radical (unpaired) electrons. The summed E-state index contributed by atoms with van der Waals surface area (Å²) in [5.74, 6) is 2.76. The Balaban J connectivity index is 0.00000323. The Morgan fingerprint density at radius 2 is 0.773 bits per heavy atom. The molecule has 3 nitrogen and oxygen atoms in total. The summed E-state index contributed by atoms with van der Waals surface area (Å²) in [5.41, 5.74) is 11.6. The molecule has 1 aliphatic carbocycles. The van der Waals surface area contributed by atoms with Gasteiger partial charge in [-0.05, 0) is 0 Å². The molecular formula is C36H45Cl3O3SiTi. The second-order valence-corrected chi connectivity index (χ2v) is 16.9. The summed E-state index contributed by atoms with van der Waals surface area (Å²) in [7, 11) is 2.24. The SMILES string of the molecule is COc1cc(C)c(C)cc1[Si](c1cc(C)c(C)cc1OC)(c1cc(C)c(C)cc1OC)C1(C)C(C)=C(C)C(C)=[C]1[Ti+3].[Cl-].[Cl-].[Cl-].